The number of carbonyl (C=O) groups excluding carboxylic acids is 1. The number of fused-ring (bicyclic) bond motifs is 1. The quantitative estimate of drug-likeness (QED) is 0.569. The molecule has 2 N–H and O–H groups in total. The van der Waals surface area contributed by atoms with Gasteiger partial charge in [0.1, 0.15) is 5.75 Å². The van der Waals surface area contributed by atoms with E-state index in [1.165, 1.54) is 17.6 Å². The second-order valence-electron chi connectivity index (χ2n) is 4.35. The number of nitrogens with zero attached hydrogens (tertiary/aromatic N) is 3. The van der Waals surface area contributed by atoms with Crippen LogP contribution >= 0.6 is 11.3 Å². The number of aromatic hydroxyl groups is 1. The Morgan fingerprint density at radius 1 is 1.48 bits per heavy atom. The fourth-order valence-corrected chi connectivity index (χ4v) is 2.55. The molecular formula is C14H12N4O2S. The van der Waals surface area contributed by atoms with Crippen LogP contribution in [-0.2, 0) is 11.2 Å². The van der Waals surface area contributed by atoms with Crippen molar-refractivity contribution in [1.82, 2.24) is 14.8 Å². The summed E-state index contributed by atoms with van der Waals surface area (Å²) < 4.78 is 1.87. The third-order valence-corrected chi connectivity index (χ3v) is 3.59. The molecule has 0 aliphatic heterocycles. The molecule has 0 radical (unpaired) electrons. The number of phenols is 1. The van der Waals surface area contributed by atoms with Gasteiger partial charge >= 0.3 is 0 Å². The number of aromatic nitrogens is 2. The molecule has 106 valence electrons. The lowest BCUT2D eigenvalue weighted by molar-refractivity contribution is -0.120. The third kappa shape index (κ3) is 3.09. The Labute approximate surface area is 124 Å². The lowest BCUT2D eigenvalue weighted by Gasteiger charge is -1.98. The van der Waals surface area contributed by atoms with Gasteiger partial charge in [-0.25, -0.2) is 10.4 Å². The first-order chi connectivity index (χ1) is 10.2. The average molecular weight is 300 g/mol. The van der Waals surface area contributed by atoms with Crippen molar-refractivity contribution < 1.29 is 9.90 Å². The van der Waals surface area contributed by atoms with Gasteiger partial charge in [0.15, 0.2) is 4.96 Å². The number of amides is 1. The fraction of sp³-hybridized carbons (Fsp3) is 0.0714. The first-order valence-corrected chi connectivity index (χ1v) is 7.11. The first kappa shape index (κ1) is 13.3. The normalized spacial score (nSPS) is 11.2. The Morgan fingerprint density at radius 2 is 2.33 bits per heavy atom. The number of benzene rings is 1. The van der Waals surface area contributed by atoms with Crippen molar-refractivity contribution in [2.45, 2.75) is 6.42 Å². The topological polar surface area (TPSA) is 79.0 Å². The molecule has 3 rings (SSSR count). The van der Waals surface area contributed by atoms with Crippen LogP contribution in [0.1, 0.15) is 11.3 Å². The Hall–Kier alpha value is -2.67. The lowest BCUT2D eigenvalue weighted by atomic mass is 10.2. The van der Waals surface area contributed by atoms with Crippen molar-refractivity contribution in [1.29, 1.82) is 0 Å². The summed E-state index contributed by atoms with van der Waals surface area (Å²) in [4.78, 5) is 16.9. The minimum absolute atomic E-state index is 0.116. The lowest BCUT2D eigenvalue weighted by Crippen LogP contribution is -2.19. The summed E-state index contributed by atoms with van der Waals surface area (Å²) in [6.07, 6.45) is 5.27. The van der Waals surface area contributed by atoms with Gasteiger partial charge < -0.3 is 5.11 Å². The van der Waals surface area contributed by atoms with Gasteiger partial charge in [0, 0.05) is 23.3 Å². The minimum atomic E-state index is -0.257. The Balaban J connectivity index is 1.59. The fourth-order valence-electron chi connectivity index (χ4n) is 1.84. The standard InChI is InChI=1S/C14H12N4O2S/c19-12-4-2-1-3-10(12)8-15-17-13(20)7-11-9-18-5-6-21-14(18)16-11/h1-6,8-9,19H,7H2,(H,17,20)/b15-8+. The Morgan fingerprint density at radius 3 is 3.14 bits per heavy atom. The van der Waals surface area contributed by atoms with E-state index in [2.05, 4.69) is 15.5 Å². The van der Waals surface area contributed by atoms with E-state index >= 15 is 0 Å². The molecule has 0 spiro atoms. The maximum Gasteiger partial charge on any atom is 0.246 e. The van der Waals surface area contributed by atoms with Gasteiger partial charge in [0.2, 0.25) is 5.91 Å². The van der Waals surface area contributed by atoms with Gasteiger partial charge in [-0.1, -0.05) is 12.1 Å². The molecule has 0 atom stereocenters. The molecule has 2 aromatic heterocycles. The highest BCUT2D eigenvalue weighted by molar-refractivity contribution is 7.15. The maximum absolute atomic E-state index is 11.8. The van der Waals surface area contributed by atoms with Crippen molar-refractivity contribution >= 4 is 28.4 Å². The molecule has 6 nitrogen and oxygen atoms in total. The van der Waals surface area contributed by atoms with E-state index < -0.39 is 0 Å². The molecule has 0 unspecified atom stereocenters. The van der Waals surface area contributed by atoms with Gasteiger partial charge in [0.05, 0.1) is 18.3 Å². The van der Waals surface area contributed by atoms with Gasteiger partial charge in [-0.2, -0.15) is 5.10 Å². The number of hydrogen-bond donors (Lipinski definition) is 2. The summed E-state index contributed by atoms with van der Waals surface area (Å²) in [5.74, 6) is -0.141. The Kier molecular flexibility index (Phi) is 3.65. The van der Waals surface area contributed by atoms with E-state index in [1.54, 1.807) is 24.3 Å². The molecular weight excluding hydrogens is 288 g/mol. The highest BCUT2D eigenvalue weighted by Gasteiger charge is 2.07. The van der Waals surface area contributed by atoms with E-state index in [0.717, 1.165) is 4.96 Å². The molecule has 0 aliphatic rings. The highest BCUT2D eigenvalue weighted by Crippen LogP contribution is 2.13. The molecule has 0 saturated carbocycles. The van der Waals surface area contributed by atoms with Crippen molar-refractivity contribution in [3.05, 3.63) is 53.3 Å². The van der Waals surface area contributed by atoms with Gasteiger partial charge in [-0.3, -0.25) is 9.20 Å². The molecule has 1 aromatic carbocycles. The smallest absolute Gasteiger partial charge is 0.246 e. The van der Waals surface area contributed by atoms with Crippen molar-refractivity contribution in [2.24, 2.45) is 5.10 Å². The highest BCUT2D eigenvalue weighted by atomic mass is 32.1. The van der Waals surface area contributed by atoms with Crippen LogP contribution in [0.4, 0.5) is 0 Å². The average Bonchev–Trinajstić information content (AvgIpc) is 3.02. The van der Waals surface area contributed by atoms with Gasteiger partial charge in [-0.05, 0) is 12.1 Å². The number of thiazole rings is 1. The van der Waals surface area contributed by atoms with Crippen LogP contribution in [0.2, 0.25) is 0 Å². The number of phenolic OH excluding ortho intramolecular Hbond substituents is 1. The van der Waals surface area contributed by atoms with Crippen LogP contribution in [-0.4, -0.2) is 26.6 Å². The first-order valence-electron chi connectivity index (χ1n) is 6.23. The van der Waals surface area contributed by atoms with E-state index in [1.807, 2.05) is 22.2 Å². The molecule has 7 heteroatoms. The summed E-state index contributed by atoms with van der Waals surface area (Å²) in [7, 11) is 0. The van der Waals surface area contributed by atoms with Crippen molar-refractivity contribution in [3.8, 4) is 5.75 Å². The largest absolute Gasteiger partial charge is 0.507 e. The second kappa shape index (κ2) is 5.76. The van der Waals surface area contributed by atoms with E-state index in [0.29, 0.717) is 11.3 Å². The molecule has 1 amide bonds. The molecule has 3 aromatic rings. The van der Waals surface area contributed by atoms with E-state index in [-0.39, 0.29) is 18.1 Å². The number of hydrogen-bond acceptors (Lipinski definition) is 5. The summed E-state index contributed by atoms with van der Waals surface area (Å²) >= 11 is 1.51. The van der Waals surface area contributed by atoms with Crippen LogP contribution in [0, 0.1) is 0 Å². The van der Waals surface area contributed by atoms with Gasteiger partial charge in [-0.15, -0.1) is 11.3 Å². The predicted octanol–water partition coefficient (Wildman–Crippen LogP) is 1.79. The zero-order valence-corrected chi connectivity index (χ0v) is 11.7. The minimum Gasteiger partial charge on any atom is -0.507 e. The predicted molar refractivity (Wildman–Crippen MR) is 80.6 cm³/mol. The zero-order valence-electron chi connectivity index (χ0n) is 10.9. The molecule has 21 heavy (non-hydrogen) atoms. The maximum atomic E-state index is 11.8. The summed E-state index contributed by atoms with van der Waals surface area (Å²) in [5.41, 5.74) is 3.65. The van der Waals surface area contributed by atoms with E-state index in [4.69, 9.17) is 0 Å². The number of carbonyl (C=O) groups is 1. The molecule has 0 aliphatic carbocycles. The Bertz CT molecular complexity index is 778. The molecule has 0 bridgehead atoms. The van der Waals surface area contributed by atoms with Crippen molar-refractivity contribution in [3.63, 3.8) is 0 Å². The van der Waals surface area contributed by atoms with Crippen LogP contribution in [0.15, 0.2) is 47.1 Å². The molecule has 0 saturated heterocycles. The number of para-hydroxylation sites is 1. The SMILES string of the molecule is O=C(Cc1cn2ccsc2n1)N/N=C/c1ccccc1O. The summed E-state index contributed by atoms with van der Waals surface area (Å²) in [6.45, 7) is 0. The van der Waals surface area contributed by atoms with Crippen LogP contribution in [0.25, 0.3) is 4.96 Å². The monoisotopic (exact) mass is 300 g/mol. The van der Waals surface area contributed by atoms with Crippen LogP contribution in [0.3, 0.4) is 0 Å². The van der Waals surface area contributed by atoms with Gasteiger partial charge in [0.25, 0.3) is 0 Å². The van der Waals surface area contributed by atoms with Crippen LogP contribution in [0.5, 0.6) is 5.75 Å². The third-order valence-electron chi connectivity index (χ3n) is 2.81. The van der Waals surface area contributed by atoms with E-state index in [9.17, 15) is 9.90 Å². The number of imidazole rings is 1. The number of hydrazone groups is 1. The number of rotatable bonds is 4. The van der Waals surface area contributed by atoms with Crippen LogP contribution < -0.4 is 5.43 Å². The van der Waals surface area contributed by atoms with Crippen molar-refractivity contribution in [2.75, 3.05) is 0 Å². The summed E-state index contributed by atoms with van der Waals surface area (Å²) in [5, 5.41) is 15.3. The zero-order chi connectivity index (χ0) is 14.7. The molecule has 2 heterocycles. The number of nitrogens with one attached hydrogen (secondary N) is 1. The molecule has 0 fully saturated rings. The second-order valence-corrected chi connectivity index (χ2v) is 5.23. The summed E-state index contributed by atoms with van der Waals surface area (Å²) in [6, 6.07) is 6.76.